The Morgan fingerprint density at radius 3 is 2.43 bits per heavy atom. The van der Waals surface area contributed by atoms with Gasteiger partial charge in [-0.1, -0.05) is 51.1 Å². The quantitative estimate of drug-likeness (QED) is 0.566. The highest BCUT2D eigenvalue weighted by molar-refractivity contribution is 5.66. The minimum Gasteiger partial charge on any atom is -0.489 e. The fourth-order valence-corrected chi connectivity index (χ4v) is 3.02. The van der Waals surface area contributed by atoms with Crippen LogP contribution in [0.2, 0.25) is 0 Å². The summed E-state index contributed by atoms with van der Waals surface area (Å²) in [5.41, 5.74) is 4.69. The van der Waals surface area contributed by atoms with Crippen LogP contribution < -0.4 is 4.74 Å². The van der Waals surface area contributed by atoms with E-state index in [9.17, 15) is 15.3 Å². The number of hydrogen-bond acceptors (Lipinski definition) is 4. The van der Waals surface area contributed by atoms with E-state index in [-0.39, 0.29) is 25.2 Å². The van der Waals surface area contributed by atoms with E-state index in [0.717, 1.165) is 34.4 Å². The molecular formula is C24H32O4. The summed E-state index contributed by atoms with van der Waals surface area (Å²) in [6.45, 7) is 6.35. The molecule has 0 amide bonds. The van der Waals surface area contributed by atoms with Gasteiger partial charge >= 0.3 is 0 Å². The van der Waals surface area contributed by atoms with E-state index >= 15 is 0 Å². The summed E-state index contributed by atoms with van der Waals surface area (Å²) < 4.78 is 5.94. The number of rotatable bonds is 10. The van der Waals surface area contributed by atoms with E-state index < -0.39 is 0 Å². The Morgan fingerprint density at radius 1 is 1.04 bits per heavy atom. The first-order valence-corrected chi connectivity index (χ1v) is 9.91. The maximum atomic E-state index is 10.1. The van der Waals surface area contributed by atoms with Crippen LogP contribution in [-0.2, 0) is 19.8 Å². The lowest BCUT2D eigenvalue weighted by Crippen LogP contribution is -2.13. The van der Waals surface area contributed by atoms with E-state index in [2.05, 4.69) is 19.1 Å². The zero-order valence-electron chi connectivity index (χ0n) is 17.1. The molecule has 0 aliphatic rings. The summed E-state index contributed by atoms with van der Waals surface area (Å²) in [4.78, 5) is 0. The third-order valence-corrected chi connectivity index (χ3v) is 4.98. The average molecular weight is 385 g/mol. The molecule has 152 valence electrons. The lowest BCUT2D eigenvalue weighted by atomic mass is 9.98. The summed E-state index contributed by atoms with van der Waals surface area (Å²) in [6, 6.07) is 13.6. The maximum absolute atomic E-state index is 10.1. The summed E-state index contributed by atoms with van der Waals surface area (Å²) >= 11 is 0. The Labute approximate surface area is 168 Å². The molecule has 0 aliphatic heterocycles. The van der Waals surface area contributed by atoms with E-state index in [4.69, 9.17) is 4.74 Å². The number of allylic oxidation sites excluding steroid dienone is 1. The number of ether oxygens (including phenoxy) is 1. The predicted molar refractivity (Wildman–Crippen MR) is 113 cm³/mol. The van der Waals surface area contributed by atoms with Gasteiger partial charge in [-0.3, -0.25) is 0 Å². The molecule has 0 saturated heterocycles. The minimum absolute atomic E-state index is 0.0866. The molecule has 0 saturated carbocycles. The van der Waals surface area contributed by atoms with Crippen LogP contribution in [0.1, 0.15) is 55.9 Å². The largest absolute Gasteiger partial charge is 0.489 e. The minimum atomic E-state index is -0.330. The van der Waals surface area contributed by atoms with Crippen LogP contribution in [-0.4, -0.2) is 21.4 Å². The topological polar surface area (TPSA) is 69.9 Å². The molecule has 0 fully saturated rings. The summed E-state index contributed by atoms with van der Waals surface area (Å²) in [5.74, 6) is 1.02. The highest BCUT2D eigenvalue weighted by atomic mass is 16.5. The van der Waals surface area contributed by atoms with Gasteiger partial charge in [0.1, 0.15) is 12.4 Å². The monoisotopic (exact) mass is 384 g/mol. The summed E-state index contributed by atoms with van der Waals surface area (Å²) in [5, 5.41) is 28.8. The molecule has 28 heavy (non-hydrogen) atoms. The standard InChI is InChI=1S/C24H32O4/c1-4-19(10-11-24(27)17(2)3)20-6-5-7-23(13-20)28-16-18-8-9-21(14-25)22(12-18)15-26/h5-10,12-13,17,24-27H,4,11,14-16H2,1-3H3/b19-10-. The van der Waals surface area contributed by atoms with E-state index in [0.29, 0.717) is 13.0 Å². The molecule has 4 heteroatoms. The molecule has 2 rings (SSSR count). The predicted octanol–water partition coefficient (Wildman–Crippen LogP) is 4.45. The van der Waals surface area contributed by atoms with Crippen molar-refractivity contribution in [2.75, 3.05) is 0 Å². The highest BCUT2D eigenvalue weighted by Crippen LogP contribution is 2.25. The lowest BCUT2D eigenvalue weighted by Gasteiger charge is -2.14. The van der Waals surface area contributed by atoms with E-state index in [1.165, 1.54) is 5.57 Å². The van der Waals surface area contributed by atoms with Crippen molar-refractivity contribution in [1.29, 1.82) is 0 Å². The number of aliphatic hydroxyl groups is 3. The highest BCUT2D eigenvalue weighted by Gasteiger charge is 2.09. The van der Waals surface area contributed by atoms with Gasteiger partial charge in [0, 0.05) is 0 Å². The number of hydrogen-bond donors (Lipinski definition) is 3. The Morgan fingerprint density at radius 2 is 1.79 bits per heavy atom. The lowest BCUT2D eigenvalue weighted by molar-refractivity contribution is 0.128. The molecule has 1 atom stereocenters. The van der Waals surface area contributed by atoms with Crippen LogP contribution in [0.15, 0.2) is 48.5 Å². The molecule has 0 aromatic heterocycles. The summed E-state index contributed by atoms with van der Waals surface area (Å²) in [7, 11) is 0. The second kappa shape index (κ2) is 11.0. The number of benzene rings is 2. The Hall–Kier alpha value is -2.14. The van der Waals surface area contributed by atoms with Gasteiger partial charge in [0.15, 0.2) is 0 Å². The van der Waals surface area contributed by atoms with Crippen molar-refractivity contribution in [2.45, 2.75) is 59.5 Å². The molecular weight excluding hydrogens is 352 g/mol. The Bertz CT molecular complexity index is 780. The molecule has 0 radical (unpaired) electrons. The van der Waals surface area contributed by atoms with Crippen LogP contribution in [0.4, 0.5) is 0 Å². The first-order chi connectivity index (χ1) is 13.5. The summed E-state index contributed by atoms with van der Waals surface area (Å²) in [6.07, 6.45) is 3.32. The fraction of sp³-hybridized carbons (Fsp3) is 0.417. The van der Waals surface area contributed by atoms with Crippen molar-refractivity contribution in [3.8, 4) is 5.75 Å². The van der Waals surface area contributed by atoms with Crippen molar-refractivity contribution < 1.29 is 20.1 Å². The second-order valence-electron chi connectivity index (χ2n) is 7.37. The maximum Gasteiger partial charge on any atom is 0.120 e. The molecule has 1 unspecified atom stereocenters. The normalized spacial score (nSPS) is 13.0. The van der Waals surface area contributed by atoms with Crippen LogP contribution in [0.25, 0.3) is 5.57 Å². The van der Waals surface area contributed by atoms with Crippen LogP contribution in [0, 0.1) is 5.92 Å². The Kier molecular flexibility index (Phi) is 8.71. The molecule has 0 spiro atoms. The fourth-order valence-electron chi connectivity index (χ4n) is 3.02. The van der Waals surface area contributed by atoms with Gasteiger partial charge in [0.05, 0.1) is 19.3 Å². The van der Waals surface area contributed by atoms with Crippen molar-refractivity contribution >= 4 is 5.57 Å². The molecule has 2 aromatic carbocycles. The van der Waals surface area contributed by atoms with Crippen molar-refractivity contribution in [2.24, 2.45) is 5.92 Å². The SMILES string of the molecule is CC/C(=C/CC(O)C(C)C)c1cccc(OCc2ccc(CO)c(CO)c2)c1. The number of aliphatic hydroxyl groups excluding tert-OH is 3. The molecule has 4 nitrogen and oxygen atoms in total. The van der Waals surface area contributed by atoms with Gasteiger partial charge in [-0.25, -0.2) is 0 Å². The van der Waals surface area contributed by atoms with Gasteiger partial charge in [0.2, 0.25) is 0 Å². The van der Waals surface area contributed by atoms with Gasteiger partial charge in [-0.05, 0) is 64.8 Å². The van der Waals surface area contributed by atoms with Crippen LogP contribution in [0.5, 0.6) is 5.75 Å². The van der Waals surface area contributed by atoms with Gasteiger partial charge in [0.25, 0.3) is 0 Å². The average Bonchev–Trinajstić information content (AvgIpc) is 2.72. The van der Waals surface area contributed by atoms with Crippen molar-refractivity contribution in [1.82, 2.24) is 0 Å². The molecule has 3 N–H and O–H groups in total. The van der Waals surface area contributed by atoms with Crippen molar-refractivity contribution in [3.63, 3.8) is 0 Å². The van der Waals surface area contributed by atoms with E-state index in [1.807, 2.05) is 50.2 Å². The zero-order chi connectivity index (χ0) is 20.5. The molecule has 2 aromatic rings. The van der Waals surface area contributed by atoms with Crippen LogP contribution in [0.3, 0.4) is 0 Å². The first-order valence-electron chi connectivity index (χ1n) is 9.91. The van der Waals surface area contributed by atoms with Gasteiger partial charge in [-0.15, -0.1) is 0 Å². The molecule has 0 aliphatic carbocycles. The zero-order valence-corrected chi connectivity index (χ0v) is 17.1. The third-order valence-electron chi connectivity index (χ3n) is 4.98. The Balaban J connectivity index is 2.09. The second-order valence-corrected chi connectivity index (χ2v) is 7.37. The van der Waals surface area contributed by atoms with Gasteiger partial charge < -0.3 is 20.1 Å². The molecule has 0 bridgehead atoms. The molecule has 0 heterocycles. The first kappa shape index (κ1) is 22.2. The van der Waals surface area contributed by atoms with Gasteiger partial charge in [-0.2, -0.15) is 0 Å². The van der Waals surface area contributed by atoms with Crippen molar-refractivity contribution in [3.05, 3.63) is 70.8 Å². The van der Waals surface area contributed by atoms with E-state index in [1.54, 1.807) is 0 Å². The van der Waals surface area contributed by atoms with Crippen LogP contribution >= 0.6 is 0 Å². The smallest absolute Gasteiger partial charge is 0.120 e. The third kappa shape index (κ3) is 6.20.